The van der Waals surface area contributed by atoms with Crippen molar-refractivity contribution >= 4 is 12.2 Å². The third-order valence-electron chi connectivity index (χ3n) is 9.55. The maximum Gasteiger partial charge on any atom is 0.241 e. The molecule has 10 nitrogen and oxygen atoms in total. The zero-order chi connectivity index (χ0) is 31.4. The Morgan fingerprint density at radius 1 is 0.841 bits per heavy atom. The van der Waals surface area contributed by atoms with Gasteiger partial charge in [0.15, 0.2) is 23.0 Å². The van der Waals surface area contributed by atoms with Gasteiger partial charge in [-0.15, -0.1) is 0 Å². The van der Waals surface area contributed by atoms with Gasteiger partial charge in [0.05, 0.1) is 46.6 Å². The van der Waals surface area contributed by atoms with Crippen molar-refractivity contribution in [2.75, 3.05) is 35.5 Å². The Kier molecular flexibility index (Phi) is 7.57. The first-order chi connectivity index (χ1) is 21.2. The summed E-state index contributed by atoms with van der Waals surface area (Å²) in [5.41, 5.74) is 5.06. The molecule has 0 aromatic heterocycles. The molecule has 1 amide bonds. The van der Waals surface area contributed by atoms with Crippen LogP contribution in [0.1, 0.15) is 51.0 Å². The fraction of sp³-hybridized carbons (Fsp3) is 0.412. The minimum Gasteiger partial charge on any atom is -0.507 e. The van der Waals surface area contributed by atoms with Crippen LogP contribution in [0.25, 0.3) is 0 Å². The molecule has 2 bridgehead atoms. The van der Waals surface area contributed by atoms with Gasteiger partial charge in [0.1, 0.15) is 30.4 Å². The van der Waals surface area contributed by atoms with Crippen molar-refractivity contribution in [3.8, 4) is 34.5 Å². The lowest BCUT2D eigenvalue weighted by atomic mass is 9.73. The molecule has 1 N–H and O–H groups in total. The number of methoxy groups -OCH3 is 4. The van der Waals surface area contributed by atoms with Crippen molar-refractivity contribution in [3.05, 3.63) is 69.3 Å². The van der Waals surface area contributed by atoms with Crippen molar-refractivity contribution in [3.63, 3.8) is 0 Å². The number of phenolic OH excluding ortho intramolecular Hbond substituents is 1. The summed E-state index contributed by atoms with van der Waals surface area (Å²) in [6, 6.07) is 7.44. The number of carbonyl (C=O) groups excluding carboxylic acids is 2. The van der Waals surface area contributed by atoms with Crippen molar-refractivity contribution in [2.45, 2.75) is 57.5 Å². The standard InChI is InChI=1S/C34H38N2O8/c1-17-28(38)20-13-22-27-26-21(29(18(2)31(41-5)33(26)43-7)44-16-19-11-9-8-10-12-19)14-23(35(27)3)34(39)36(22)24(15-37)25(20)32(42-6)30(17)40-4/h8-12,15,22-24,27,38H,13-14,16H2,1-7H3/t22-,23-,24+,27-/m0/s1. The summed E-state index contributed by atoms with van der Waals surface area (Å²) in [4.78, 5) is 31.1. The number of benzene rings is 3. The van der Waals surface area contributed by atoms with Crippen LogP contribution in [0, 0.1) is 13.8 Å². The largest absolute Gasteiger partial charge is 0.507 e. The predicted octanol–water partition coefficient (Wildman–Crippen LogP) is 4.23. The van der Waals surface area contributed by atoms with Crippen molar-refractivity contribution in [1.29, 1.82) is 0 Å². The number of phenols is 1. The van der Waals surface area contributed by atoms with Crippen LogP contribution in [0.3, 0.4) is 0 Å². The Morgan fingerprint density at radius 3 is 2.07 bits per heavy atom. The molecule has 0 radical (unpaired) electrons. The summed E-state index contributed by atoms with van der Waals surface area (Å²) in [6.45, 7) is 4.02. The van der Waals surface area contributed by atoms with Crippen LogP contribution in [-0.4, -0.2) is 74.7 Å². The third-order valence-corrected chi connectivity index (χ3v) is 9.55. The second-order valence-electron chi connectivity index (χ2n) is 11.5. The molecule has 1 saturated heterocycles. The number of hydrogen-bond acceptors (Lipinski definition) is 9. The van der Waals surface area contributed by atoms with E-state index >= 15 is 0 Å². The SMILES string of the molecule is COc1c(C)c(OCc2ccccc2)c2c(c1OC)[C@@H]1[C@@H]3Cc4c(O)c(C)c(OC)c(OC)c4[C@@H](C=O)N3C(=O)[C@H](C2)N1C. The van der Waals surface area contributed by atoms with Gasteiger partial charge in [-0.1, -0.05) is 30.3 Å². The number of hydrogen-bond donors (Lipinski definition) is 1. The highest BCUT2D eigenvalue weighted by atomic mass is 16.5. The summed E-state index contributed by atoms with van der Waals surface area (Å²) in [6.07, 6.45) is 1.38. The molecule has 44 heavy (non-hydrogen) atoms. The molecule has 0 saturated carbocycles. The molecule has 10 heteroatoms. The number of piperazine rings is 1. The molecular weight excluding hydrogens is 564 g/mol. The first-order valence-electron chi connectivity index (χ1n) is 14.6. The monoisotopic (exact) mass is 602 g/mol. The maximum atomic E-state index is 14.4. The van der Waals surface area contributed by atoms with Crippen LogP contribution in [0.4, 0.5) is 0 Å². The molecule has 0 spiro atoms. The lowest BCUT2D eigenvalue weighted by Gasteiger charge is -2.56. The molecule has 3 aliphatic heterocycles. The number of rotatable bonds is 8. The number of ether oxygens (including phenoxy) is 5. The number of aldehydes is 1. The van der Waals surface area contributed by atoms with E-state index in [1.807, 2.05) is 44.3 Å². The molecular formula is C34H38N2O8. The quantitative estimate of drug-likeness (QED) is 0.379. The van der Waals surface area contributed by atoms with Gasteiger partial charge in [-0.05, 0) is 32.9 Å². The Hall–Kier alpha value is -4.44. The van der Waals surface area contributed by atoms with E-state index in [-0.39, 0.29) is 18.1 Å². The van der Waals surface area contributed by atoms with Gasteiger partial charge in [0.25, 0.3) is 0 Å². The maximum absolute atomic E-state index is 14.4. The topological polar surface area (TPSA) is 107 Å². The smallest absolute Gasteiger partial charge is 0.241 e. The Morgan fingerprint density at radius 2 is 1.45 bits per heavy atom. The fourth-order valence-corrected chi connectivity index (χ4v) is 7.61. The highest BCUT2D eigenvalue weighted by molar-refractivity contribution is 5.90. The molecule has 4 atom stereocenters. The van der Waals surface area contributed by atoms with Gasteiger partial charge in [-0.2, -0.15) is 0 Å². The zero-order valence-electron chi connectivity index (χ0n) is 26.1. The number of fused-ring (bicyclic) bond motifs is 7. The van der Waals surface area contributed by atoms with Gasteiger partial charge < -0.3 is 38.5 Å². The summed E-state index contributed by atoms with van der Waals surface area (Å²) in [5, 5.41) is 11.4. The van der Waals surface area contributed by atoms with E-state index in [1.54, 1.807) is 26.0 Å². The first-order valence-corrected chi connectivity index (χ1v) is 14.6. The van der Waals surface area contributed by atoms with Crippen LogP contribution in [0.2, 0.25) is 0 Å². The van der Waals surface area contributed by atoms with Gasteiger partial charge in [0.2, 0.25) is 5.91 Å². The summed E-state index contributed by atoms with van der Waals surface area (Å²) < 4.78 is 29.8. The summed E-state index contributed by atoms with van der Waals surface area (Å²) in [7, 11) is 8.12. The molecule has 0 aliphatic carbocycles. The Labute approximate surface area is 257 Å². The summed E-state index contributed by atoms with van der Waals surface area (Å²) >= 11 is 0. The van der Waals surface area contributed by atoms with Gasteiger partial charge >= 0.3 is 0 Å². The van der Waals surface area contributed by atoms with Crippen LogP contribution in [-0.2, 0) is 29.0 Å². The number of amides is 1. The molecule has 3 aliphatic rings. The van der Waals surface area contributed by atoms with Crippen molar-refractivity contribution in [2.24, 2.45) is 0 Å². The number of carbonyl (C=O) groups is 2. The molecule has 0 unspecified atom stereocenters. The average Bonchev–Trinajstić information content (AvgIpc) is 3.03. The van der Waals surface area contributed by atoms with Crippen molar-refractivity contribution in [1.82, 2.24) is 9.80 Å². The van der Waals surface area contributed by atoms with E-state index in [1.165, 1.54) is 14.2 Å². The second-order valence-corrected chi connectivity index (χ2v) is 11.5. The lowest BCUT2D eigenvalue weighted by molar-refractivity contribution is -0.158. The highest BCUT2D eigenvalue weighted by Gasteiger charge is 2.56. The van der Waals surface area contributed by atoms with E-state index in [0.717, 1.165) is 28.5 Å². The van der Waals surface area contributed by atoms with E-state index in [0.29, 0.717) is 58.5 Å². The number of likely N-dealkylation sites (N-methyl/N-ethyl adjacent to an activating group) is 1. The molecule has 6 rings (SSSR count). The molecule has 3 aromatic rings. The predicted molar refractivity (Wildman–Crippen MR) is 162 cm³/mol. The first kappa shape index (κ1) is 29.6. The fourth-order valence-electron chi connectivity index (χ4n) is 7.61. The Bertz CT molecular complexity index is 1640. The second kappa shape index (κ2) is 11.2. The molecule has 3 aromatic carbocycles. The number of aromatic hydroxyl groups is 1. The van der Waals surface area contributed by atoms with Crippen LogP contribution in [0.15, 0.2) is 30.3 Å². The van der Waals surface area contributed by atoms with Gasteiger partial charge in [-0.3, -0.25) is 9.69 Å². The highest BCUT2D eigenvalue weighted by Crippen LogP contribution is 2.58. The molecule has 232 valence electrons. The molecule has 1 fully saturated rings. The van der Waals surface area contributed by atoms with E-state index in [2.05, 4.69) is 4.90 Å². The Balaban J connectivity index is 1.57. The normalized spacial score (nSPS) is 22.0. The summed E-state index contributed by atoms with van der Waals surface area (Å²) in [5.74, 6) is 2.32. The molecule has 3 heterocycles. The average molecular weight is 603 g/mol. The van der Waals surface area contributed by atoms with E-state index < -0.39 is 24.2 Å². The van der Waals surface area contributed by atoms with Crippen molar-refractivity contribution < 1.29 is 38.4 Å². The van der Waals surface area contributed by atoms with Gasteiger partial charge in [-0.25, -0.2) is 0 Å². The minimum atomic E-state index is -0.987. The minimum absolute atomic E-state index is 0.0257. The van der Waals surface area contributed by atoms with E-state index in [4.69, 9.17) is 23.7 Å². The van der Waals surface area contributed by atoms with Crippen LogP contribution >= 0.6 is 0 Å². The van der Waals surface area contributed by atoms with Crippen LogP contribution in [0.5, 0.6) is 34.5 Å². The van der Waals surface area contributed by atoms with Crippen LogP contribution < -0.4 is 23.7 Å². The third kappa shape index (κ3) is 4.11. The van der Waals surface area contributed by atoms with E-state index in [9.17, 15) is 14.7 Å². The number of nitrogens with zero attached hydrogens (tertiary/aromatic N) is 2. The lowest BCUT2D eigenvalue weighted by Crippen LogP contribution is -2.66. The zero-order valence-corrected chi connectivity index (χ0v) is 26.1. The van der Waals surface area contributed by atoms with Gasteiger partial charge in [0, 0.05) is 39.8 Å².